The monoisotopic (exact) mass is 456 g/mol. The van der Waals surface area contributed by atoms with Gasteiger partial charge in [-0.1, -0.05) is 17.5 Å². The summed E-state index contributed by atoms with van der Waals surface area (Å²) in [6.07, 6.45) is 6.47. The van der Waals surface area contributed by atoms with Gasteiger partial charge in [-0.3, -0.25) is 13.8 Å². The summed E-state index contributed by atoms with van der Waals surface area (Å²) >= 11 is 5.93. The van der Waals surface area contributed by atoms with Crippen LogP contribution in [0.5, 0.6) is 0 Å². The van der Waals surface area contributed by atoms with E-state index >= 15 is 0 Å². The number of hydrogen-bond acceptors (Lipinski definition) is 7. The van der Waals surface area contributed by atoms with Crippen molar-refractivity contribution >= 4 is 44.9 Å². The number of halogens is 2. The van der Waals surface area contributed by atoms with E-state index in [-0.39, 0.29) is 39.9 Å². The van der Waals surface area contributed by atoms with E-state index in [1.54, 1.807) is 6.92 Å². The van der Waals surface area contributed by atoms with Crippen molar-refractivity contribution in [2.75, 3.05) is 30.4 Å². The van der Waals surface area contributed by atoms with Crippen LogP contribution in [0.25, 0.3) is 0 Å². The lowest BCUT2D eigenvalue weighted by Crippen LogP contribution is -2.28. The zero-order valence-electron chi connectivity index (χ0n) is 16.2. The maximum Gasteiger partial charge on any atom is 0.362 e. The van der Waals surface area contributed by atoms with Gasteiger partial charge < -0.3 is 5.32 Å². The van der Waals surface area contributed by atoms with Gasteiger partial charge in [-0.2, -0.15) is 8.42 Å². The number of hydrogen-bond donors (Lipinski definition) is 2. The molecule has 2 rings (SSSR count). The predicted octanol–water partition coefficient (Wildman–Crippen LogP) is 2.61. The van der Waals surface area contributed by atoms with E-state index in [2.05, 4.69) is 25.9 Å². The quantitative estimate of drug-likeness (QED) is 0.357. The molecule has 2 N–H and O–H groups in total. The maximum absolute atomic E-state index is 14.4. The molecule has 1 aromatic carbocycles. The molecule has 160 valence electrons. The van der Waals surface area contributed by atoms with Gasteiger partial charge in [-0.05, 0) is 19.1 Å². The molecule has 0 aliphatic rings. The van der Waals surface area contributed by atoms with Crippen LogP contribution in [0.1, 0.15) is 22.8 Å². The van der Waals surface area contributed by atoms with Gasteiger partial charge in [0.1, 0.15) is 11.0 Å². The van der Waals surface area contributed by atoms with Gasteiger partial charge in [0.15, 0.2) is 0 Å². The van der Waals surface area contributed by atoms with E-state index in [0.29, 0.717) is 0 Å². The molecule has 0 aliphatic heterocycles. The van der Waals surface area contributed by atoms with E-state index in [0.717, 1.165) is 23.5 Å². The zero-order chi connectivity index (χ0) is 22.5. The molecule has 0 atom stereocenters. The molecule has 0 bridgehead atoms. The minimum absolute atomic E-state index is 0.0116. The summed E-state index contributed by atoms with van der Waals surface area (Å²) in [5.74, 6) is 0.702. The first-order valence-corrected chi connectivity index (χ1v) is 10.1. The van der Waals surface area contributed by atoms with Crippen LogP contribution in [0.2, 0.25) is 5.15 Å². The number of nitrogens with zero attached hydrogens (tertiary/aromatic N) is 2. The van der Waals surface area contributed by atoms with Crippen molar-refractivity contribution in [2.24, 2.45) is 0 Å². The molecule has 0 fully saturated rings. The molecular weight excluding hydrogens is 439 g/mol. The number of pyridine rings is 1. The van der Waals surface area contributed by atoms with Crippen LogP contribution in [-0.4, -0.2) is 40.1 Å². The molecule has 0 saturated carbocycles. The number of terminal acetylenes is 1. The summed E-state index contributed by atoms with van der Waals surface area (Å²) < 4.78 is 43.9. The van der Waals surface area contributed by atoms with Gasteiger partial charge in [0, 0.05) is 19.3 Å². The number of hydroxylamine groups is 1. The zero-order valence-corrected chi connectivity index (χ0v) is 17.8. The van der Waals surface area contributed by atoms with Crippen LogP contribution in [-0.2, 0) is 19.3 Å². The van der Waals surface area contributed by atoms with Crippen molar-refractivity contribution in [1.29, 1.82) is 0 Å². The highest BCUT2D eigenvalue weighted by molar-refractivity contribution is 7.88. The molecule has 0 spiro atoms. The van der Waals surface area contributed by atoms with Gasteiger partial charge in [-0.15, -0.1) is 6.42 Å². The lowest BCUT2D eigenvalue weighted by Gasteiger charge is -2.22. The third-order valence-corrected chi connectivity index (χ3v) is 5.32. The maximum atomic E-state index is 14.4. The smallest absolute Gasteiger partial charge is 0.353 e. The van der Waals surface area contributed by atoms with E-state index in [9.17, 15) is 17.6 Å². The van der Waals surface area contributed by atoms with Crippen LogP contribution < -0.4 is 15.1 Å². The van der Waals surface area contributed by atoms with Crippen LogP contribution in [0.15, 0.2) is 24.4 Å². The predicted molar refractivity (Wildman–Crippen MR) is 110 cm³/mol. The first kappa shape index (κ1) is 23.4. The third-order valence-electron chi connectivity index (χ3n) is 3.82. The molecule has 0 aliphatic carbocycles. The first-order valence-electron chi connectivity index (χ1n) is 8.33. The van der Waals surface area contributed by atoms with Gasteiger partial charge in [0.2, 0.25) is 0 Å². The highest BCUT2D eigenvalue weighted by Crippen LogP contribution is 2.34. The Bertz CT molecular complexity index is 1100. The van der Waals surface area contributed by atoms with E-state index in [1.165, 1.54) is 19.3 Å². The van der Waals surface area contributed by atoms with Crippen LogP contribution in [0.4, 0.5) is 21.5 Å². The SMILES string of the molecule is C#Cc1cc(N(C)S(=O)(=O)OC)c(Nc2cc(Cl)ncc2C(=O)NOCC)cc1F. The van der Waals surface area contributed by atoms with E-state index in [4.69, 9.17) is 22.9 Å². The fraction of sp³-hybridized carbons (Fsp3) is 0.222. The first-order chi connectivity index (χ1) is 14.1. The number of benzene rings is 1. The second kappa shape index (κ2) is 9.73. The fourth-order valence-corrected chi connectivity index (χ4v) is 3.09. The van der Waals surface area contributed by atoms with Crippen molar-refractivity contribution in [1.82, 2.24) is 10.5 Å². The number of nitrogens with one attached hydrogen (secondary N) is 2. The summed E-state index contributed by atoms with van der Waals surface area (Å²) in [4.78, 5) is 21.1. The van der Waals surface area contributed by atoms with Crippen LogP contribution in [0, 0.1) is 18.2 Å². The number of carbonyl (C=O) groups is 1. The van der Waals surface area contributed by atoms with Gasteiger partial charge >= 0.3 is 10.3 Å². The number of rotatable bonds is 8. The van der Waals surface area contributed by atoms with E-state index < -0.39 is 22.0 Å². The van der Waals surface area contributed by atoms with Crippen molar-refractivity contribution in [3.8, 4) is 12.3 Å². The Labute approximate surface area is 178 Å². The molecule has 0 saturated heterocycles. The summed E-state index contributed by atoms with van der Waals surface area (Å²) in [5, 5.41) is 2.83. The lowest BCUT2D eigenvalue weighted by molar-refractivity contribution is 0.0365. The Morgan fingerprint density at radius 3 is 2.67 bits per heavy atom. The van der Waals surface area contributed by atoms with E-state index in [1.807, 2.05) is 0 Å². The average Bonchev–Trinajstić information content (AvgIpc) is 2.71. The normalized spacial score (nSPS) is 10.9. The van der Waals surface area contributed by atoms with Gasteiger partial charge in [-0.25, -0.2) is 19.2 Å². The minimum atomic E-state index is -4.19. The van der Waals surface area contributed by atoms with Crippen LogP contribution in [0.3, 0.4) is 0 Å². The molecule has 30 heavy (non-hydrogen) atoms. The molecule has 1 aromatic heterocycles. The standard InChI is InChI=1S/C18H18ClFN4O5S/c1-5-11-7-16(24(3)30(26,27)28-4)15(8-13(11)20)22-14-9-17(19)21-10-12(14)18(25)23-29-6-2/h1,7-10H,6H2,2-4H3,(H,21,22)(H,23,25). The molecule has 1 heterocycles. The molecule has 2 aromatic rings. The molecular formula is C18H18ClFN4O5S. The second-order valence-electron chi connectivity index (χ2n) is 5.63. The highest BCUT2D eigenvalue weighted by Gasteiger charge is 2.23. The lowest BCUT2D eigenvalue weighted by atomic mass is 10.1. The average molecular weight is 457 g/mol. The minimum Gasteiger partial charge on any atom is -0.353 e. The number of carbonyl (C=O) groups excluding carboxylic acids is 1. The van der Waals surface area contributed by atoms with Crippen molar-refractivity contribution in [3.05, 3.63) is 46.5 Å². The Kier molecular flexibility index (Phi) is 7.58. The Morgan fingerprint density at radius 2 is 2.07 bits per heavy atom. The largest absolute Gasteiger partial charge is 0.362 e. The molecule has 0 radical (unpaired) electrons. The Morgan fingerprint density at radius 1 is 1.37 bits per heavy atom. The van der Waals surface area contributed by atoms with Crippen LogP contribution >= 0.6 is 11.6 Å². The summed E-state index contributed by atoms with van der Waals surface area (Å²) in [7, 11) is -2.02. The summed E-state index contributed by atoms with van der Waals surface area (Å²) in [5.41, 5.74) is 2.10. The number of aromatic nitrogens is 1. The third kappa shape index (κ3) is 5.17. The van der Waals surface area contributed by atoms with Crippen molar-refractivity contribution in [2.45, 2.75) is 6.92 Å². The van der Waals surface area contributed by atoms with Crippen molar-refractivity contribution in [3.63, 3.8) is 0 Å². The summed E-state index contributed by atoms with van der Waals surface area (Å²) in [6, 6.07) is 3.45. The fourth-order valence-electron chi connectivity index (χ4n) is 2.32. The molecule has 1 amide bonds. The Balaban J connectivity index is 2.61. The van der Waals surface area contributed by atoms with Crippen molar-refractivity contribution < 1.29 is 26.6 Å². The number of anilines is 3. The Hall–Kier alpha value is -2.91. The topological polar surface area (TPSA) is 110 Å². The van der Waals surface area contributed by atoms with Gasteiger partial charge in [0.05, 0.1) is 41.9 Å². The second-order valence-corrected chi connectivity index (χ2v) is 7.75. The molecule has 12 heteroatoms. The van der Waals surface area contributed by atoms with Gasteiger partial charge in [0.25, 0.3) is 5.91 Å². The summed E-state index contributed by atoms with van der Waals surface area (Å²) in [6.45, 7) is 1.89. The highest BCUT2D eigenvalue weighted by atomic mass is 35.5. The number of amides is 1. The molecule has 9 nitrogen and oxygen atoms in total. The molecule has 0 unspecified atom stereocenters.